The van der Waals surface area contributed by atoms with Crippen molar-refractivity contribution < 1.29 is 0 Å². The molecular formula is C10H9N3O2. The van der Waals surface area contributed by atoms with Crippen LogP contribution in [-0.2, 0) is 0 Å². The van der Waals surface area contributed by atoms with Crippen molar-refractivity contribution >= 4 is 5.69 Å². The molecule has 0 saturated carbocycles. The predicted molar refractivity (Wildman–Crippen MR) is 57.1 cm³/mol. The number of hydrogen-bond acceptors (Lipinski definition) is 3. The number of hydrogen-bond donors (Lipinski definition) is 2. The van der Waals surface area contributed by atoms with E-state index in [4.69, 9.17) is 5.73 Å². The Kier molecular flexibility index (Phi) is 2.13. The molecule has 0 aliphatic heterocycles. The number of nitrogens with two attached hydrogens (primary N) is 1. The third kappa shape index (κ3) is 1.67. The van der Waals surface area contributed by atoms with Crippen LogP contribution in [0.3, 0.4) is 0 Å². The Bertz CT molecular complexity index is 584. The largest absolute Gasteiger partial charge is 0.393 e. The molecule has 0 amide bonds. The molecule has 76 valence electrons. The van der Waals surface area contributed by atoms with Crippen molar-refractivity contribution in [2.75, 3.05) is 5.73 Å². The number of rotatable bonds is 1. The average molecular weight is 203 g/mol. The zero-order valence-corrected chi connectivity index (χ0v) is 7.81. The second-order valence-electron chi connectivity index (χ2n) is 3.05. The van der Waals surface area contributed by atoms with Gasteiger partial charge in [0.2, 0.25) is 0 Å². The highest BCUT2D eigenvalue weighted by Gasteiger charge is 2.02. The Morgan fingerprint density at radius 2 is 1.80 bits per heavy atom. The fourth-order valence-corrected chi connectivity index (χ4v) is 1.27. The summed E-state index contributed by atoms with van der Waals surface area (Å²) in [7, 11) is 0. The third-order valence-electron chi connectivity index (χ3n) is 2.00. The SMILES string of the molecule is Nc1cn(-c2ccccc2)c(=O)[nH]c1=O. The van der Waals surface area contributed by atoms with Gasteiger partial charge in [-0.15, -0.1) is 0 Å². The Balaban J connectivity index is 2.70. The maximum absolute atomic E-state index is 11.4. The number of aromatic nitrogens is 2. The van der Waals surface area contributed by atoms with Crippen LogP contribution in [0.25, 0.3) is 5.69 Å². The van der Waals surface area contributed by atoms with E-state index in [9.17, 15) is 9.59 Å². The first-order chi connectivity index (χ1) is 7.18. The van der Waals surface area contributed by atoms with Crippen LogP contribution in [0, 0.1) is 0 Å². The summed E-state index contributed by atoms with van der Waals surface area (Å²) < 4.78 is 1.29. The number of benzene rings is 1. The number of H-pyrrole nitrogens is 1. The van der Waals surface area contributed by atoms with Crippen LogP contribution in [0.4, 0.5) is 5.69 Å². The topological polar surface area (TPSA) is 80.9 Å². The van der Waals surface area contributed by atoms with Gasteiger partial charge in [0.05, 0.1) is 5.69 Å². The number of aromatic amines is 1. The van der Waals surface area contributed by atoms with Crippen molar-refractivity contribution in [1.82, 2.24) is 9.55 Å². The van der Waals surface area contributed by atoms with Gasteiger partial charge in [0.15, 0.2) is 0 Å². The van der Waals surface area contributed by atoms with Crippen LogP contribution in [0.5, 0.6) is 0 Å². The molecule has 1 aromatic heterocycles. The van der Waals surface area contributed by atoms with Gasteiger partial charge in [-0.25, -0.2) is 4.79 Å². The van der Waals surface area contributed by atoms with Crippen LogP contribution >= 0.6 is 0 Å². The fourth-order valence-electron chi connectivity index (χ4n) is 1.27. The molecular weight excluding hydrogens is 194 g/mol. The highest BCUT2D eigenvalue weighted by atomic mass is 16.2. The van der Waals surface area contributed by atoms with Crippen LogP contribution in [0.1, 0.15) is 0 Å². The zero-order valence-electron chi connectivity index (χ0n) is 7.81. The molecule has 0 aliphatic rings. The minimum Gasteiger partial charge on any atom is -0.393 e. The molecule has 3 N–H and O–H groups in total. The second-order valence-corrected chi connectivity index (χ2v) is 3.05. The minimum absolute atomic E-state index is 0.0125. The van der Waals surface area contributed by atoms with E-state index >= 15 is 0 Å². The molecule has 5 nitrogen and oxygen atoms in total. The number of nitrogens with one attached hydrogen (secondary N) is 1. The van der Waals surface area contributed by atoms with Crippen molar-refractivity contribution in [3.8, 4) is 5.69 Å². The predicted octanol–water partition coefficient (Wildman–Crippen LogP) is 0.108. The molecule has 0 fully saturated rings. The van der Waals surface area contributed by atoms with Crippen molar-refractivity contribution in [2.45, 2.75) is 0 Å². The Hall–Kier alpha value is -2.30. The summed E-state index contributed by atoms with van der Waals surface area (Å²) in [4.78, 5) is 24.6. The minimum atomic E-state index is -0.563. The zero-order chi connectivity index (χ0) is 10.8. The van der Waals surface area contributed by atoms with Crippen molar-refractivity contribution in [3.05, 3.63) is 57.4 Å². The molecule has 0 spiro atoms. The first-order valence-electron chi connectivity index (χ1n) is 4.35. The Labute approximate surface area is 84.8 Å². The van der Waals surface area contributed by atoms with E-state index in [1.807, 2.05) is 6.07 Å². The van der Waals surface area contributed by atoms with Gasteiger partial charge in [0, 0.05) is 6.20 Å². The molecule has 2 rings (SSSR count). The first kappa shape index (κ1) is 9.26. The molecule has 0 aliphatic carbocycles. The van der Waals surface area contributed by atoms with E-state index < -0.39 is 11.2 Å². The van der Waals surface area contributed by atoms with Crippen molar-refractivity contribution in [2.24, 2.45) is 0 Å². The molecule has 5 heteroatoms. The number of anilines is 1. The summed E-state index contributed by atoms with van der Waals surface area (Å²) in [5.74, 6) is 0. The van der Waals surface area contributed by atoms with Gasteiger partial charge < -0.3 is 5.73 Å². The van der Waals surface area contributed by atoms with E-state index in [2.05, 4.69) is 4.98 Å². The smallest absolute Gasteiger partial charge is 0.333 e. The Morgan fingerprint density at radius 1 is 1.13 bits per heavy atom. The summed E-state index contributed by atoms with van der Waals surface area (Å²) in [6.45, 7) is 0. The maximum atomic E-state index is 11.4. The quantitative estimate of drug-likeness (QED) is 0.690. The van der Waals surface area contributed by atoms with E-state index in [0.717, 1.165) is 0 Å². The van der Waals surface area contributed by atoms with Gasteiger partial charge in [0.1, 0.15) is 5.69 Å². The maximum Gasteiger partial charge on any atom is 0.333 e. The molecule has 0 saturated heterocycles. The van der Waals surface area contributed by atoms with E-state index in [1.54, 1.807) is 24.3 Å². The van der Waals surface area contributed by atoms with E-state index in [1.165, 1.54) is 10.8 Å². The lowest BCUT2D eigenvalue weighted by Crippen LogP contribution is -2.29. The summed E-state index contributed by atoms with van der Waals surface area (Å²) in [5, 5.41) is 0. The van der Waals surface area contributed by atoms with Gasteiger partial charge >= 0.3 is 5.69 Å². The molecule has 0 atom stereocenters. The molecule has 0 bridgehead atoms. The summed E-state index contributed by atoms with van der Waals surface area (Å²) in [5.41, 5.74) is 5.03. The average Bonchev–Trinajstić information content (AvgIpc) is 2.25. The van der Waals surface area contributed by atoms with Crippen LogP contribution < -0.4 is 17.0 Å². The summed E-state index contributed by atoms with van der Waals surface area (Å²) in [6.07, 6.45) is 1.32. The highest BCUT2D eigenvalue weighted by Crippen LogP contribution is 2.03. The number of nitrogens with zero attached hydrogens (tertiary/aromatic N) is 1. The number of para-hydroxylation sites is 1. The van der Waals surface area contributed by atoms with Crippen molar-refractivity contribution in [3.63, 3.8) is 0 Å². The number of nitrogen functional groups attached to an aromatic ring is 1. The van der Waals surface area contributed by atoms with Gasteiger partial charge in [0.25, 0.3) is 5.56 Å². The molecule has 0 radical (unpaired) electrons. The van der Waals surface area contributed by atoms with Gasteiger partial charge in [-0.3, -0.25) is 14.3 Å². The van der Waals surface area contributed by atoms with Crippen LogP contribution in [0.15, 0.2) is 46.1 Å². The van der Waals surface area contributed by atoms with E-state index in [0.29, 0.717) is 5.69 Å². The molecule has 1 heterocycles. The van der Waals surface area contributed by atoms with Crippen LogP contribution in [0.2, 0.25) is 0 Å². The van der Waals surface area contributed by atoms with Gasteiger partial charge in [-0.2, -0.15) is 0 Å². The standard InChI is InChI=1S/C10H9N3O2/c11-8-6-13(10(15)12-9(8)14)7-4-2-1-3-5-7/h1-6H,11H2,(H,12,14,15). The van der Waals surface area contributed by atoms with E-state index in [-0.39, 0.29) is 5.69 Å². The molecule has 15 heavy (non-hydrogen) atoms. The third-order valence-corrected chi connectivity index (χ3v) is 2.00. The molecule has 1 aromatic carbocycles. The highest BCUT2D eigenvalue weighted by molar-refractivity contribution is 5.37. The van der Waals surface area contributed by atoms with Gasteiger partial charge in [-0.05, 0) is 12.1 Å². The lowest BCUT2D eigenvalue weighted by atomic mass is 10.3. The van der Waals surface area contributed by atoms with Crippen molar-refractivity contribution in [1.29, 1.82) is 0 Å². The summed E-state index contributed by atoms with van der Waals surface area (Å²) >= 11 is 0. The fraction of sp³-hybridized carbons (Fsp3) is 0. The Morgan fingerprint density at radius 3 is 2.47 bits per heavy atom. The van der Waals surface area contributed by atoms with Gasteiger partial charge in [-0.1, -0.05) is 18.2 Å². The van der Waals surface area contributed by atoms with Crippen LogP contribution in [-0.4, -0.2) is 9.55 Å². The summed E-state index contributed by atoms with van der Waals surface area (Å²) in [6, 6.07) is 8.92. The lowest BCUT2D eigenvalue weighted by molar-refractivity contribution is 0.901. The normalized spacial score (nSPS) is 10.1. The second kappa shape index (κ2) is 3.45. The lowest BCUT2D eigenvalue weighted by Gasteiger charge is -2.04. The first-order valence-corrected chi connectivity index (χ1v) is 4.35. The monoisotopic (exact) mass is 203 g/mol. The molecule has 2 aromatic rings. The molecule has 0 unspecified atom stereocenters.